The molecular formula is C18H15FN2O5. The molecule has 26 heavy (non-hydrogen) atoms. The molecule has 0 saturated heterocycles. The van der Waals surface area contributed by atoms with Crippen molar-refractivity contribution in [2.75, 3.05) is 16.8 Å². The summed E-state index contributed by atoms with van der Waals surface area (Å²) in [5, 5.41) is 11.5. The maximum atomic E-state index is 13.7. The fourth-order valence-electron chi connectivity index (χ4n) is 2.60. The Morgan fingerprint density at radius 3 is 2.69 bits per heavy atom. The summed E-state index contributed by atoms with van der Waals surface area (Å²) < 4.78 is 19.1. The van der Waals surface area contributed by atoms with Gasteiger partial charge in [0.05, 0.1) is 16.9 Å². The molecular weight excluding hydrogens is 343 g/mol. The molecule has 7 nitrogen and oxygen atoms in total. The Morgan fingerprint density at radius 1 is 1.27 bits per heavy atom. The van der Waals surface area contributed by atoms with Gasteiger partial charge in [-0.3, -0.25) is 14.5 Å². The summed E-state index contributed by atoms with van der Waals surface area (Å²) in [5.41, 5.74) is 0.288. The van der Waals surface area contributed by atoms with Crippen LogP contribution in [0.5, 0.6) is 5.75 Å². The van der Waals surface area contributed by atoms with Gasteiger partial charge < -0.3 is 15.2 Å². The van der Waals surface area contributed by atoms with Gasteiger partial charge in [0.25, 0.3) is 5.91 Å². The van der Waals surface area contributed by atoms with Crippen LogP contribution in [0.2, 0.25) is 0 Å². The molecule has 2 aromatic rings. The molecule has 0 aliphatic carbocycles. The molecule has 0 spiro atoms. The zero-order chi connectivity index (χ0) is 18.8. The molecule has 2 N–H and O–H groups in total. The first-order valence-corrected chi connectivity index (χ1v) is 7.76. The third kappa shape index (κ3) is 3.34. The van der Waals surface area contributed by atoms with Crippen molar-refractivity contribution in [3.63, 3.8) is 0 Å². The number of nitrogens with one attached hydrogen (secondary N) is 1. The lowest BCUT2D eigenvalue weighted by Gasteiger charge is -2.32. The smallest absolute Gasteiger partial charge is 0.335 e. The number of hydrogen-bond donors (Lipinski definition) is 2. The summed E-state index contributed by atoms with van der Waals surface area (Å²) in [6, 6.07) is 9.69. The third-order valence-electron chi connectivity index (χ3n) is 3.86. The molecule has 0 fully saturated rings. The molecule has 0 radical (unpaired) electrons. The van der Waals surface area contributed by atoms with Crippen LogP contribution >= 0.6 is 0 Å². The molecule has 0 saturated carbocycles. The first kappa shape index (κ1) is 17.4. The number of anilines is 2. The van der Waals surface area contributed by atoms with Crippen molar-refractivity contribution in [3.05, 3.63) is 53.8 Å². The maximum absolute atomic E-state index is 13.7. The van der Waals surface area contributed by atoms with Gasteiger partial charge in [0, 0.05) is 0 Å². The highest BCUT2D eigenvalue weighted by molar-refractivity contribution is 6.06. The zero-order valence-electron chi connectivity index (χ0n) is 13.7. The second-order valence-corrected chi connectivity index (χ2v) is 5.70. The predicted octanol–water partition coefficient (Wildman–Crippen LogP) is 2.28. The highest BCUT2D eigenvalue weighted by Crippen LogP contribution is 2.34. The third-order valence-corrected chi connectivity index (χ3v) is 3.86. The standard InChI is InChI=1S/C18H15FN2O5/c1-10-17(23)21(9-16(22)20-13-5-3-2-4-12(13)19)14-7-6-11(18(24)25)8-15(14)26-10/h2-8,10H,9H2,1H3,(H,20,22)(H,24,25). The molecule has 8 heteroatoms. The van der Waals surface area contributed by atoms with Crippen LogP contribution in [0.3, 0.4) is 0 Å². The van der Waals surface area contributed by atoms with Gasteiger partial charge in [0.2, 0.25) is 5.91 Å². The summed E-state index contributed by atoms with van der Waals surface area (Å²) in [5.74, 6) is -2.58. The number of benzene rings is 2. The average molecular weight is 358 g/mol. The maximum Gasteiger partial charge on any atom is 0.335 e. The molecule has 1 aliphatic heterocycles. The lowest BCUT2D eigenvalue weighted by molar-refractivity contribution is -0.127. The molecule has 0 bridgehead atoms. The molecule has 1 atom stereocenters. The topological polar surface area (TPSA) is 95.9 Å². The molecule has 2 aromatic carbocycles. The van der Waals surface area contributed by atoms with Crippen LogP contribution in [0, 0.1) is 5.82 Å². The number of fused-ring (bicyclic) bond motifs is 1. The number of amides is 2. The quantitative estimate of drug-likeness (QED) is 0.874. The highest BCUT2D eigenvalue weighted by atomic mass is 19.1. The van der Waals surface area contributed by atoms with Crippen LogP contribution in [-0.2, 0) is 9.59 Å². The molecule has 1 aliphatic rings. The van der Waals surface area contributed by atoms with Gasteiger partial charge in [-0.25, -0.2) is 9.18 Å². The van der Waals surface area contributed by atoms with Gasteiger partial charge >= 0.3 is 5.97 Å². The van der Waals surface area contributed by atoms with Crippen LogP contribution in [0.4, 0.5) is 15.8 Å². The van der Waals surface area contributed by atoms with E-state index in [2.05, 4.69) is 5.32 Å². The summed E-state index contributed by atoms with van der Waals surface area (Å²) in [6.45, 7) is 1.14. The van der Waals surface area contributed by atoms with E-state index < -0.39 is 29.7 Å². The Hall–Kier alpha value is -3.42. The first-order valence-electron chi connectivity index (χ1n) is 7.76. The van der Waals surface area contributed by atoms with Crippen molar-refractivity contribution >= 4 is 29.2 Å². The fraction of sp³-hybridized carbons (Fsp3) is 0.167. The fourth-order valence-corrected chi connectivity index (χ4v) is 2.60. The summed E-state index contributed by atoms with van der Waals surface area (Å²) >= 11 is 0. The van der Waals surface area contributed by atoms with E-state index in [1.54, 1.807) is 6.07 Å². The zero-order valence-corrected chi connectivity index (χ0v) is 13.7. The number of carboxylic acids is 1. The van der Waals surface area contributed by atoms with E-state index in [9.17, 15) is 18.8 Å². The van der Waals surface area contributed by atoms with E-state index in [0.29, 0.717) is 0 Å². The van der Waals surface area contributed by atoms with Crippen molar-refractivity contribution in [2.24, 2.45) is 0 Å². The summed E-state index contributed by atoms with van der Waals surface area (Å²) in [4.78, 5) is 36.9. The molecule has 2 amide bonds. The Kier molecular flexibility index (Phi) is 4.57. The van der Waals surface area contributed by atoms with Crippen molar-refractivity contribution in [3.8, 4) is 5.75 Å². The van der Waals surface area contributed by atoms with E-state index in [1.165, 1.54) is 48.2 Å². The van der Waals surface area contributed by atoms with E-state index in [-0.39, 0.29) is 29.2 Å². The molecule has 1 heterocycles. The minimum absolute atomic E-state index is 0.000979. The van der Waals surface area contributed by atoms with Gasteiger partial charge in [-0.15, -0.1) is 0 Å². The number of nitrogens with zero attached hydrogens (tertiary/aromatic N) is 1. The Bertz CT molecular complexity index is 899. The second-order valence-electron chi connectivity index (χ2n) is 5.70. The minimum Gasteiger partial charge on any atom is -0.479 e. The van der Waals surface area contributed by atoms with Gasteiger partial charge in [0.15, 0.2) is 6.10 Å². The van der Waals surface area contributed by atoms with E-state index >= 15 is 0 Å². The van der Waals surface area contributed by atoms with E-state index in [1.807, 2.05) is 0 Å². The number of ether oxygens (including phenoxy) is 1. The Morgan fingerprint density at radius 2 is 2.00 bits per heavy atom. The van der Waals surface area contributed by atoms with Gasteiger partial charge in [0.1, 0.15) is 18.1 Å². The lowest BCUT2D eigenvalue weighted by Crippen LogP contribution is -2.47. The Labute approximate surface area is 148 Å². The van der Waals surface area contributed by atoms with Gasteiger partial charge in [-0.2, -0.15) is 0 Å². The molecule has 3 rings (SSSR count). The lowest BCUT2D eigenvalue weighted by atomic mass is 10.1. The summed E-state index contributed by atoms with van der Waals surface area (Å²) in [6.07, 6.45) is -0.882. The average Bonchev–Trinajstić information content (AvgIpc) is 2.60. The largest absolute Gasteiger partial charge is 0.479 e. The molecule has 134 valence electrons. The predicted molar refractivity (Wildman–Crippen MR) is 90.9 cm³/mol. The minimum atomic E-state index is -1.13. The van der Waals surface area contributed by atoms with E-state index in [0.717, 1.165) is 0 Å². The first-order chi connectivity index (χ1) is 12.4. The number of aromatic carboxylic acids is 1. The number of carbonyl (C=O) groups excluding carboxylic acids is 2. The van der Waals surface area contributed by atoms with Crippen molar-refractivity contribution < 1.29 is 28.6 Å². The summed E-state index contributed by atoms with van der Waals surface area (Å²) in [7, 11) is 0. The van der Waals surface area contributed by atoms with Crippen LogP contribution in [-0.4, -0.2) is 35.5 Å². The number of para-hydroxylation sites is 1. The van der Waals surface area contributed by atoms with Gasteiger partial charge in [-0.1, -0.05) is 12.1 Å². The normalized spacial score (nSPS) is 15.8. The molecule has 1 unspecified atom stereocenters. The van der Waals surface area contributed by atoms with Crippen molar-refractivity contribution in [1.82, 2.24) is 0 Å². The van der Waals surface area contributed by atoms with Crippen LogP contribution in [0.15, 0.2) is 42.5 Å². The monoisotopic (exact) mass is 358 g/mol. The van der Waals surface area contributed by atoms with Crippen molar-refractivity contribution in [2.45, 2.75) is 13.0 Å². The number of carboxylic acid groups (broad SMARTS) is 1. The van der Waals surface area contributed by atoms with Crippen LogP contribution in [0.1, 0.15) is 17.3 Å². The Balaban J connectivity index is 1.85. The SMILES string of the molecule is CC1Oc2cc(C(=O)O)ccc2N(CC(=O)Nc2ccccc2F)C1=O. The van der Waals surface area contributed by atoms with Crippen molar-refractivity contribution in [1.29, 1.82) is 0 Å². The van der Waals surface area contributed by atoms with E-state index in [4.69, 9.17) is 9.84 Å². The van der Waals surface area contributed by atoms with Crippen LogP contribution < -0.4 is 15.0 Å². The number of rotatable bonds is 4. The highest BCUT2D eigenvalue weighted by Gasteiger charge is 2.33. The second kappa shape index (κ2) is 6.83. The number of halogens is 1. The van der Waals surface area contributed by atoms with Crippen LogP contribution in [0.25, 0.3) is 0 Å². The molecule has 0 aromatic heterocycles. The van der Waals surface area contributed by atoms with Gasteiger partial charge in [-0.05, 0) is 37.3 Å². The number of hydrogen-bond acceptors (Lipinski definition) is 4. The number of carbonyl (C=O) groups is 3.